The summed E-state index contributed by atoms with van der Waals surface area (Å²) in [5.41, 5.74) is 4.27. The van der Waals surface area contributed by atoms with Crippen molar-refractivity contribution in [3.8, 4) is 0 Å². The van der Waals surface area contributed by atoms with E-state index in [1.165, 1.54) is 11.7 Å². The lowest BCUT2D eigenvalue weighted by Gasteiger charge is -2.18. The maximum Gasteiger partial charge on any atom is 0.236 e. The number of amides is 1. The number of hydrogen-bond acceptors (Lipinski definition) is 4. The molecule has 0 saturated carbocycles. The van der Waals surface area contributed by atoms with E-state index in [9.17, 15) is 4.79 Å². The van der Waals surface area contributed by atoms with Gasteiger partial charge in [-0.05, 0) is 29.3 Å². The summed E-state index contributed by atoms with van der Waals surface area (Å²) >= 11 is 1.17. The van der Waals surface area contributed by atoms with Crippen molar-refractivity contribution in [1.29, 1.82) is 0 Å². The van der Waals surface area contributed by atoms with Crippen LogP contribution in [0.3, 0.4) is 0 Å². The van der Waals surface area contributed by atoms with Crippen LogP contribution >= 0.6 is 11.7 Å². The molecule has 0 spiro atoms. The Bertz CT molecular complexity index is 960. The van der Waals surface area contributed by atoms with Crippen LogP contribution in [0.2, 0.25) is 0 Å². The topological polar surface area (TPSA) is 54.9 Å². The number of rotatable bonds is 4. The fourth-order valence-electron chi connectivity index (χ4n) is 2.86. The zero-order valence-corrected chi connectivity index (χ0v) is 14.1. The Morgan fingerprint density at radius 1 is 0.800 bits per heavy atom. The van der Waals surface area contributed by atoms with E-state index >= 15 is 0 Å². The van der Waals surface area contributed by atoms with Gasteiger partial charge in [0.15, 0.2) is 0 Å². The number of anilines is 1. The van der Waals surface area contributed by atoms with Crippen LogP contribution in [0, 0.1) is 0 Å². The number of aromatic nitrogens is 2. The van der Waals surface area contributed by atoms with Crippen molar-refractivity contribution in [2.24, 2.45) is 0 Å². The molecule has 1 amide bonds. The van der Waals surface area contributed by atoms with Gasteiger partial charge < -0.3 is 5.32 Å². The van der Waals surface area contributed by atoms with Gasteiger partial charge in [0, 0.05) is 5.69 Å². The normalized spacial score (nSPS) is 10.9. The van der Waals surface area contributed by atoms with Crippen molar-refractivity contribution < 1.29 is 4.79 Å². The fourth-order valence-corrected chi connectivity index (χ4v) is 3.38. The molecule has 5 heteroatoms. The molecule has 0 radical (unpaired) electrons. The van der Waals surface area contributed by atoms with Gasteiger partial charge in [-0.3, -0.25) is 4.79 Å². The predicted octanol–water partition coefficient (Wildman–Crippen LogP) is 4.46. The number of carbonyl (C=O) groups is 1. The minimum absolute atomic E-state index is 0.0695. The van der Waals surface area contributed by atoms with Crippen LogP contribution in [-0.4, -0.2) is 14.7 Å². The largest absolute Gasteiger partial charge is 0.325 e. The third-order valence-corrected chi connectivity index (χ3v) is 4.61. The van der Waals surface area contributed by atoms with E-state index in [0.717, 1.165) is 27.8 Å². The SMILES string of the molecule is O=C(Nc1ccc2nsnc2c1)C(c1ccccc1)c1ccccc1. The van der Waals surface area contributed by atoms with Crippen molar-refractivity contribution >= 4 is 34.4 Å². The van der Waals surface area contributed by atoms with Gasteiger partial charge in [-0.15, -0.1) is 0 Å². The summed E-state index contributed by atoms with van der Waals surface area (Å²) in [6.07, 6.45) is 0. The Hall–Kier alpha value is -3.05. The van der Waals surface area contributed by atoms with Crippen molar-refractivity contribution in [2.75, 3.05) is 5.32 Å². The molecule has 0 saturated heterocycles. The van der Waals surface area contributed by atoms with E-state index in [0.29, 0.717) is 0 Å². The molecule has 0 bridgehead atoms. The summed E-state index contributed by atoms with van der Waals surface area (Å²) in [5, 5.41) is 3.02. The van der Waals surface area contributed by atoms with Gasteiger partial charge in [0.2, 0.25) is 5.91 Å². The number of nitrogens with one attached hydrogen (secondary N) is 1. The third-order valence-electron chi connectivity index (χ3n) is 4.05. The fraction of sp³-hybridized carbons (Fsp3) is 0.0500. The number of hydrogen-bond donors (Lipinski definition) is 1. The second-order valence-corrected chi connectivity index (χ2v) is 6.24. The van der Waals surface area contributed by atoms with Gasteiger partial charge in [-0.2, -0.15) is 8.75 Å². The van der Waals surface area contributed by atoms with E-state index in [-0.39, 0.29) is 11.8 Å². The van der Waals surface area contributed by atoms with Crippen molar-refractivity contribution in [3.63, 3.8) is 0 Å². The first kappa shape index (κ1) is 15.5. The lowest BCUT2D eigenvalue weighted by atomic mass is 9.90. The Kier molecular flexibility index (Phi) is 4.23. The summed E-state index contributed by atoms with van der Waals surface area (Å²) in [6.45, 7) is 0. The number of carbonyl (C=O) groups excluding carboxylic acids is 1. The van der Waals surface area contributed by atoms with E-state index < -0.39 is 0 Å². The molecule has 3 aromatic carbocycles. The molecule has 122 valence electrons. The Morgan fingerprint density at radius 2 is 1.40 bits per heavy atom. The number of benzene rings is 3. The minimum Gasteiger partial charge on any atom is -0.325 e. The molecule has 0 unspecified atom stereocenters. The van der Waals surface area contributed by atoms with Gasteiger partial charge in [-0.1, -0.05) is 60.7 Å². The molecule has 0 fully saturated rings. The van der Waals surface area contributed by atoms with Gasteiger partial charge in [-0.25, -0.2) is 0 Å². The van der Waals surface area contributed by atoms with Crippen molar-refractivity contribution in [3.05, 3.63) is 90.0 Å². The zero-order chi connectivity index (χ0) is 17.1. The summed E-state index contributed by atoms with van der Waals surface area (Å²) in [4.78, 5) is 13.0. The maximum absolute atomic E-state index is 13.0. The van der Waals surface area contributed by atoms with Crippen LogP contribution in [0.15, 0.2) is 78.9 Å². The highest BCUT2D eigenvalue weighted by molar-refractivity contribution is 7.00. The molecular weight excluding hydrogens is 330 g/mol. The average Bonchev–Trinajstić information content (AvgIpc) is 3.11. The van der Waals surface area contributed by atoms with E-state index in [1.807, 2.05) is 78.9 Å². The van der Waals surface area contributed by atoms with E-state index in [2.05, 4.69) is 14.1 Å². The molecular formula is C20H15N3OS. The third kappa shape index (κ3) is 3.27. The molecule has 4 rings (SSSR count). The van der Waals surface area contributed by atoms with Crippen molar-refractivity contribution in [1.82, 2.24) is 8.75 Å². The lowest BCUT2D eigenvalue weighted by molar-refractivity contribution is -0.116. The molecule has 0 aliphatic heterocycles. The molecule has 1 aromatic heterocycles. The van der Waals surface area contributed by atoms with Crippen molar-refractivity contribution in [2.45, 2.75) is 5.92 Å². The maximum atomic E-state index is 13.0. The summed E-state index contributed by atoms with van der Waals surface area (Å²) in [6, 6.07) is 25.2. The van der Waals surface area contributed by atoms with Crippen LogP contribution in [0.5, 0.6) is 0 Å². The summed E-state index contributed by atoms with van der Waals surface area (Å²) < 4.78 is 8.41. The molecule has 0 atom stereocenters. The quantitative estimate of drug-likeness (QED) is 0.594. The van der Waals surface area contributed by atoms with Gasteiger partial charge in [0.1, 0.15) is 11.0 Å². The van der Waals surface area contributed by atoms with Gasteiger partial charge in [0.05, 0.1) is 17.6 Å². The first-order chi connectivity index (χ1) is 12.3. The van der Waals surface area contributed by atoms with Crippen LogP contribution in [0.25, 0.3) is 11.0 Å². The van der Waals surface area contributed by atoms with Crippen LogP contribution < -0.4 is 5.32 Å². The number of fused-ring (bicyclic) bond motifs is 1. The molecule has 0 aliphatic rings. The molecule has 1 N–H and O–H groups in total. The monoisotopic (exact) mass is 345 g/mol. The molecule has 0 aliphatic carbocycles. The zero-order valence-electron chi connectivity index (χ0n) is 13.3. The molecule has 1 heterocycles. The first-order valence-electron chi connectivity index (χ1n) is 7.94. The Morgan fingerprint density at radius 3 is 2.04 bits per heavy atom. The Balaban J connectivity index is 1.68. The highest BCUT2D eigenvalue weighted by Gasteiger charge is 2.22. The standard InChI is InChI=1S/C20H15N3OS/c24-20(21-16-11-12-17-18(13-16)23-25-22-17)19(14-7-3-1-4-8-14)15-9-5-2-6-10-15/h1-13,19H,(H,21,24). The minimum atomic E-state index is -0.369. The van der Waals surface area contributed by atoms with E-state index in [4.69, 9.17) is 0 Å². The van der Waals surface area contributed by atoms with Gasteiger partial charge in [0.25, 0.3) is 0 Å². The van der Waals surface area contributed by atoms with Crippen LogP contribution in [0.4, 0.5) is 5.69 Å². The molecule has 25 heavy (non-hydrogen) atoms. The summed E-state index contributed by atoms with van der Waals surface area (Å²) in [7, 11) is 0. The second kappa shape index (κ2) is 6.83. The first-order valence-corrected chi connectivity index (χ1v) is 8.67. The summed E-state index contributed by atoms with van der Waals surface area (Å²) in [5.74, 6) is -0.438. The highest BCUT2D eigenvalue weighted by Crippen LogP contribution is 2.27. The smallest absolute Gasteiger partial charge is 0.236 e. The number of nitrogens with zero attached hydrogens (tertiary/aromatic N) is 2. The Labute approximate surface area is 149 Å². The molecule has 4 nitrogen and oxygen atoms in total. The predicted molar refractivity (Wildman–Crippen MR) is 101 cm³/mol. The van der Waals surface area contributed by atoms with Gasteiger partial charge >= 0.3 is 0 Å². The van der Waals surface area contributed by atoms with E-state index in [1.54, 1.807) is 0 Å². The second-order valence-electron chi connectivity index (χ2n) is 5.71. The van der Waals surface area contributed by atoms with Crippen LogP contribution in [-0.2, 0) is 4.79 Å². The lowest BCUT2D eigenvalue weighted by Crippen LogP contribution is -2.22. The van der Waals surface area contributed by atoms with Crippen LogP contribution in [0.1, 0.15) is 17.0 Å². The highest BCUT2D eigenvalue weighted by atomic mass is 32.1. The molecule has 4 aromatic rings. The average molecular weight is 345 g/mol.